The van der Waals surface area contributed by atoms with Gasteiger partial charge in [-0.3, -0.25) is 14.5 Å². The van der Waals surface area contributed by atoms with Crippen LogP contribution in [0, 0.1) is 5.92 Å². The van der Waals surface area contributed by atoms with E-state index in [1.165, 1.54) is 12.8 Å². The predicted molar refractivity (Wildman–Crippen MR) is 149 cm³/mol. The molecular weight excluding hydrogens is 484 g/mol. The lowest BCUT2D eigenvalue weighted by Gasteiger charge is -2.34. The van der Waals surface area contributed by atoms with E-state index in [1.54, 1.807) is 6.20 Å². The average molecular weight is 523 g/mol. The van der Waals surface area contributed by atoms with Gasteiger partial charge in [-0.15, -0.1) is 0 Å². The number of piperidine rings is 1. The summed E-state index contributed by atoms with van der Waals surface area (Å²) in [6.45, 7) is 4.03. The van der Waals surface area contributed by atoms with Crippen LogP contribution in [0.2, 0.25) is 0 Å². The zero-order chi connectivity index (χ0) is 26.3. The van der Waals surface area contributed by atoms with Crippen LogP contribution >= 0.6 is 0 Å². The minimum Gasteiger partial charge on any atom is -0.395 e. The van der Waals surface area contributed by atoms with Gasteiger partial charge in [0.05, 0.1) is 18.5 Å². The van der Waals surface area contributed by atoms with E-state index >= 15 is 0 Å². The molecule has 11 nitrogen and oxygen atoms in total. The first-order valence-electron chi connectivity index (χ1n) is 13.8. The Kier molecular flexibility index (Phi) is 8.54. The maximum atomic E-state index is 12.7. The number of aliphatic hydroxyl groups is 1. The number of fused-ring (bicyclic) bond motifs is 1. The average Bonchev–Trinajstić information content (AvgIpc) is 3.23. The second-order valence-electron chi connectivity index (χ2n) is 10.3. The number of carbonyl (C=O) groups excluding carboxylic acids is 1. The Morgan fingerprint density at radius 3 is 2.50 bits per heavy atom. The second-order valence-corrected chi connectivity index (χ2v) is 10.3. The van der Waals surface area contributed by atoms with E-state index in [4.69, 9.17) is 10.1 Å². The number of aromatic amines is 1. The summed E-state index contributed by atoms with van der Waals surface area (Å²) in [6.07, 6.45) is 8.61. The molecule has 2 saturated heterocycles. The number of hydrogen-bond acceptors (Lipinski definition) is 9. The lowest BCUT2D eigenvalue weighted by atomic mass is 9.93. The van der Waals surface area contributed by atoms with Gasteiger partial charge in [-0.1, -0.05) is 12.8 Å². The second kappa shape index (κ2) is 12.4. The smallest absolute Gasteiger partial charge is 0.277 e. The number of nitrogens with one attached hydrogen (secondary N) is 4. The molecule has 0 saturated carbocycles. The van der Waals surface area contributed by atoms with Crippen LogP contribution in [0.25, 0.3) is 0 Å². The van der Waals surface area contributed by atoms with Crippen molar-refractivity contribution >= 4 is 28.8 Å². The Balaban J connectivity index is 1.24. The summed E-state index contributed by atoms with van der Waals surface area (Å²) in [5.74, 6) is 0.932. The summed E-state index contributed by atoms with van der Waals surface area (Å²) in [5, 5.41) is 24.9. The Labute approximate surface area is 222 Å². The summed E-state index contributed by atoms with van der Waals surface area (Å²) < 4.78 is 0. The normalized spacial score (nSPS) is 20.6. The summed E-state index contributed by atoms with van der Waals surface area (Å²) in [4.78, 5) is 34.2. The number of anilines is 3. The highest BCUT2D eigenvalue weighted by atomic mass is 16.3. The number of aliphatic hydroxyl groups excluding tert-OH is 1. The first kappa shape index (κ1) is 26.2. The molecule has 38 heavy (non-hydrogen) atoms. The van der Waals surface area contributed by atoms with Crippen molar-refractivity contribution in [3.05, 3.63) is 46.4 Å². The van der Waals surface area contributed by atoms with Crippen LogP contribution in [0.5, 0.6) is 0 Å². The van der Waals surface area contributed by atoms with Gasteiger partial charge in [0.25, 0.3) is 5.56 Å². The van der Waals surface area contributed by atoms with Crippen LogP contribution < -0.4 is 26.4 Å². The van der Waals surface area contributed by atoms with E-state index in [2.05, 4.69) is 48.1 Å². The number of nitrogens with zero attached hydrogens (tertiary/aromatic N) is 4. The minimum absolute atomic E-state index is 0.0167. The number of hydrogen-bond donors (Lipinski definition) is 5. The van der Waals surface area contributed by atoms with Gasteiger partial charge in [-0.05, 0) is 55.9 Å². The molecule has 1 aromatic carbocycles. The van der Waals surface area contributed by atoms with Crippen molar-refractivity contribution in [1.82, 2.24) is 20.4 Å². The van der Waals surface area contributed by atoms with Crippen molar-refractivity contribution in [2.45, 2.75) is 51.2 Å². The Hall–Kier alpha value is -3.44. The monoisotopic (exact) mass is 522 g/mol. The molecule has 2 fully saturated rings. The van der Waals surface area contributed by atoms with Crippen molar-refractivity contribution in [1.29, 1.82) is 0 Å². The number of rotatable bonds is 7. The Morgan fingerprint density at radius 2 is 1.79 bits per heavy atom. The topological polar surface area (TPSA) is 138 Å². The maximum absolute atomic E-state index is 12.7. The molecule has 1 unspecified atom stereocenters. The predicted octanol–water partition coefficient (Wildman–Crippen LogP) is 1.93. The van der Waals surface area contributed by atoms with Gasteiger partial charge in [0.15, 0.2) is 6.29 Å². The standard InChI is InChI=1S/C27H38N8O3/c36-16-11-28-23(37)17-19-9-14-34(15-10-19)21-7-5-20(6-8-21)30-25-24-22(18-29-33-26(24)38)31-27(32-25)35-12-3-1-2-4-13-35/h5-8,18-19,27,31,36H,1-4,9-17H2,(H,28,37)(H,30,32)(H,33,38). The molecule has 3 aliphatic heterocycles. The number of H-pyrrole nitrogens is 1. The molecule has 1 aromatic heterocycles. The largest absolute Gasteiger partial charge is 0.395 e. The Morgan fingerprint density at radius 1 is 1.05 bits per heavy atom. The number of benzene rings is 1. The lowest BCUT2D eigenvalue weighted by Crippen LogP contribution is -2.45. The number of aromatic nitrogens is 2. The lowest BCUT2D eigenvalue weighted by molar-refractivity contribution is -0.122. The molecule has 2 aromatic rings. The van der Waals surface area contributed by atoms with E-state index in [0.717, 1.165) is 63.2 Å². The van der Waals surface area contributed by atoms with Crippen LogP contribution in [0.15, 0.2) is 40.2 Å². The van der Waals surface area contributed by atoms with Crippen LogP contribution in [-0.4, -0.2) is 77.6 Å². The van der Waals surface area contributed by atoms with E-state index in [9.17, 15) is 9.59 Å². The SMILES string of the molecule is O=C(CC1CCN(c2ccc(NC3=NC(N4CCCCCC4)Nc4cn[nH]c(=O)c43)cc2)CC1)NCCO. The summed E-state index contributed by atoms with van der Waals surface area (Å²) in [6, 6.07) is 8.21. The van der Waals surface area contributed by atoms with E-state index in [-0.39, 0.29) is 24.4 Å². The number of amidine groups is 1. The zero-order valence-electron chi connectivity index (χ0n) is 21.8. The third kappa shape index (κ3) is 6.33. The van der Waals surface area contributed by atoms with Gasteiger partial charge in [-0.2, -0.15) is 5.10 Å². The number of aliphatic imine (C=N–C) groups is 1. The van der Waals surface area contributed by atoms with Gasteiger partial charge in [0, 0.05) is 50.5 Å². The molecule has 1 amide bonds. The number of carbonyl (C=O) groups is 1. The zero-order valence-corrected chi connectivity index (χ0v) is 21.8. The molecule has 0 radical (unpaired) electrons. The molecule has 4 heterocycles. The third-order valence-electron chi connectivity index (χ3n) is 7.63. The van der Waals surface area contributed by atoms with Gasteiger partial charge in [0.1, 0.15) is 11.4 Å². The highest BCUT2D eigenvalue weighted by Crippen LogP contribution is 2.27. The van der Waals surface area contributed by atoms with Crippen LogP contribution in [0.1, 0.15) is 50.5 Å². The van der Waals surface area contributed by atoms with Crippen LogP contribution in [-0.2, 0) is 4.79 Å². The minimum atomic E-state index is -0.278. The quantitative estimate of drug-likeness (QED) is 0.372. The van der Waals surface area contributed by atoms with Crippen molar-refractivity contribution in [2.24, 2.45) is 10.9 Å². The number of amides is 1. The molecule has 0 aliphatic carbocycles. The fourth-order valence-electron chi connectivity index (χ4n) is 5.53. The maximum Gasteiger partial charge on any atom is 0.277 e. The van der Waals surface area contributed by atoms with Crippen molar-refractivity contribution in [3.8, 4) is 0 Å². The molecule has 0 spiro atoms. The fraction of sp³-hybridized carbons (Fsp3) is 0.556. The van der Waals surface area contributed by atoms with Crippen molar-refractivity contribution in [2.75, 3.05) is 54.9 Å². The summed E-state index contributed by atoms with van der Waals surface area (Å²) >= 11 is 0. The van der Waals surface area contributed by atoms with E-state index in [0.29, 0.717) is 36.0 Å². The molecule has 204 valence electrons. The van der Waals surface area contributed by atoms with Crippen molar-refractivity contribution in [3.63, 3.8) is 0 Å². The molecule has 0 bridgehead atoms. The summed E-state index contributed by atoms with van der Waals surface area (Å²) in [5.41, 5.74) is 2.88. The fourth-order valence-corrected chi connectivity index (χ4v) is 5.53. The molecule has 5 rings (SSSR count). The van der Waals surface area contributed by atoms with Gasteiger partial charge < -0.3 is 26.0 Å². The van der Waals surface area contributed by atoms with E-state index in [1.807, 2.05) is 12.1 Å². The summed E-state index contributed by atoms with van der Waals surface area (Å²) in [7, 11) is 0. The Bertz CT molecular complexity index is 1170. The van der Waals surface area contributed by atoms with Gasteiger partial charge in [-0.25, -0.2) is 10.1 Å². The van der Waals surface area contributed by atoms with Gasteiger partial charge in [0.2, 0.25) is 5.91 Å². The molecular formula is C27H38N8O3. The number of likely N-dealkylation sites (tertiary alicyclic amines) is 1. The van der Waals surface area contributed by atoms with E-state index < -0.39 is 0 Å². The first-order chi connectivity index (χ1) is 18.6. The highest BCUT2D eigenvalue weighted by Gasteiger charge is 2.28. The van der Waals surface area contributed by atoms with Crippen molar-refractivity contribution < 1.29 is 9.90 Å². The van der Waals surface area contributed by atoms with Gasteiger partial charge >= 0.3 is 0 Å². The van der Waals surface area contributed by atoms with Crippen LogP contribution in [0.4, 0.5) is 17.1 Å². The third-order valence-corrected chi connectivity index (χ3v) is 7.63. The molecule has 3 aliphatic rings. The highest BCUT2D eigenvalue weighted by molar-refractivity contribution is 6.12. The first-order valence-corrected chi connectivity index (χ1v) is 13.8. The van der Waals surface area contributed by atoms with Crippen LogP contribution in [0.3, 0.4) is 0 Å². The molecule has 5 N–H and O–H groups in total. The molecule has 11 heteroatoms. The molecule has 1 atom stereocenters.